The van der Waals surface area contributed by atoms with Crippen molar-refractivity contribution in [2.45, 2.75) is 49.1 Å². The van der Waals surface area contributed by atoms with Gasteiger partial charge in [-0.05, 0) is 13.0 Å². The van der Waals surface area contributed by atoms with Gasteiger partial charge >= 0.3 is 0 Å². The third-order valence-electron chi connectivity index (χ3n) is 3.36. The van der Waals surface area contributed by atoms with E-state index in [-0.39, 0.29) is 6.04 Å². The molecule has 3 nitrogen and oxygen atoms in total. The molecule has 1 aromatic heterocycles. The van der Waals surface area contributed by atoms with Crippen molar-refractivity contribution in [2.75, 3.05) is 5.75 Å². The summed E-state index contributed by atoms with van der Waals surface area (Å²) in [5.74, 6) is 1.15. The minimum absolute atomic E-state index is 0.102. The minimum Gasteiger partial charge on any atom is -0.322 e. The Morgan fingerprint density at radius 3 is 2.94 bits per heavy atom. The Kier molecular flexibility index (Phi) is 4.44. The van der Waals surface area contributed by atoms with Gasteiger partial charge in [-0.1, -0.05) is 13.8 Å². The highest BCUT2D eigenvalue weighted by molar-refractivity contribution is 8.07. The fourth-order valence-corrected chi connectivity index (χ4v) is 5.11. The van der Waals surface area contributed by atoms with Crippen LogP contribution in [0.15, 0.2) is 12.3 Å². The van der Waals surface area contributed by atoms with Crippen LogP contribution in [0, 0.1) is 0 Å². The SMILES string of the molecule is CCn1nccc1C(N)C1CSC(C)C(C)S1. The molecule has 2 N–H and O–H groups in total. The van der Waals surface area contributed by atoms with Gasteiger partial charge in [-0.3, -0.25) is 4.68 Å². The number of nitrogens with zero attached hydrogens (tertiary/aromatic N) is 2. The summed E-state index contributed by atoms with van der Waals surface area (Å²) in [5.41, 5.74) is 7.58. The van der Waals surface area contributed by atoms with Crippen molar-refractivity contribution in [3.8, 4) is 0 Å². The summed E-state index contributed by atoms with van der Waals surface area (Å²) in [6.45, 7) is 7.61. The zero-order chi connectivity index (χ0) is 12.4. The Balaban J connectivity index is 2.07. The lowest BCUT2D eigenvalue weighted by Gasteiger charge is -2.34. The van der Waals surface area contributed by atoms with E-state index in [0.29, 0.717) is 10.5 Å². The maximum atomic E-state index is 6.40. The van der Waals surface area contributed by atoms with E-state index in [4.69, 9.17) is 5.73 Å². The molecular formula is C12H21N3S2. The van der Waals surface area contributed by atoms with Crippen LogP contribution in [0.2, 0.25) is 0 Å². The summed E-state index contributed by atoms with van der Waals surface area (Å²) in [4.78, 5) is 0. The lowest BCUT2D eigenvalue weighted by Crippen LogP contribution is -2.35. The molecule has 0 saturated carbocycles. The lowest BCUT2D eigenvalue weighted by molar-refractivity contribution is 0.567. The van der Waals surface area contributed by atoms with Crippen LogP contribution in [0.5, 0.6) is 0 Å². The first-order valence-corrected chi connectivity index (χ1v) is 8.17. The molecule has 4 unspecified atom stereocenters. The Labute approximate surface area is 112 Å². The van der Waals surface area contributed by atoms with Gasteiger partial charge in [0.1, 0.15) is 0 Å². The van der Waals surface area contributed by atoms with Gasteiger partial charge < -0.3 is 5.73 Å². The summed E-state index contributed by atoms with van der Waals surface area (Å²) in [6, 6.07) is 2.16. The first kappa shape index (κ1) is 13.3. The quantitative estimate of drug-likeness (QED) is 0.917. The fourth-order valence-electron chi connectivity index (χ4n) is 2.08. The number of hydrogen-bond donors (Lipinski definition) is 1. The summed E-state index contributed by atoms with van der Waals surface area (Å²) in [6.07, 6.45) is 1.85. The molecule has 1 aliphatic rings. The third-order valence-corrected chi connectivity index (χ3v) is 6.88. The molecule has 2 heterocycles. The molecule has 1 aromatic rings. The number of rotatable bonds is 3. The first-order valence-electron chi connectivity index (χ1n) is 6.17. The highest BCUT2D eigenvalue weighted by Gasteiger charge is 2.31. The van der Waals surface area contributed by atoms with Crippen LogP contribution in [-0.2, 0) is 6.54 Å². The van der Waals surface area contributed by atoms with Crippen LogP contribution >= 0.6 is 23.5 Å². The van der Waals surface area contributed by atoms with Gasteiger partial charge in [0.05, 0.1) is 11.7 Å². The Bertz CT molecular complexity index is 366. The molecule has 0 bridgehead atoms. The van der Waals surface area contributed by atoms with Gasteiger partial charge in [0, 0.05) is 34.2 Å². The predicted molar refractivity (Wildman–Crippen MR) is 77.6 cm³/mol. The van der Waals surface area contributed by atoms with Crippen LogP contribution < -0.4 is 5.73 Å². The standard InChI is InChI=1S/C12H21N3S2/c1-4-15-10(5-6-14-15)12(13)11-7-16-8(2)9(3)17-11/h5-6,8-9,11-12H,4,7,13H2,1-3H3. The van der Waals surface area contributed by atoms with Crippen molar-refractivity contribution in [1.29, 1.82) is 0 Å². The normalized spacial score (nSPS) is 31.4. The molecule has 1 saturated heterocycles. The van der Waals surface area contributed by atoms with E-state index in [0.717, 1.165) is 17.5 Å². The molecule has 0 amide bonds. The number of aryl methyl sites for hydroxylation is 1. The second-order valence-electron chi connectivity index (χ2n) is 4.52. The molecule has 96 valence electrons. The number of hydrogen-bond acceptors (Lipinski definition) is 4. The Morgan fingerprint density at radius 1 is 1.53 bits per heavy atom. The maximum Gasteiger partial charge on any atom is 0.0595 e. The minimum atomic E-state index is 0.102. The van der Waals surface area contributed by atoms with Gasteiger partial charge in [0.25, 0.3) is 0 Å². The molecule has 0 aliphatic carbocycles. The van der Waals surface area contributed by atoms with Crippen molar-refractivity contribution in [3.05, 3.63) is 18.0 Å². The molecule has 1 aliphatic heterocycles. The van der Waals surface area contributed by atoms with E-state index in [1.165, 1.54) is 5.69 Å². The monoisotopic (exact) mass is 271 g/mol. The van der Waals surface area contributed by atoms with Gasteiger partial charge in [-0.25, -0.2) is 0 Å². The third kappa shape index (κ3) is 2.83. The second kappa shape index (κ2) is 5.67. The van der Waals surface area contributed by atoms with Gasteiger partial charge in [0.15, 0.2) is 0 Å². The van der Waals surface area contributed by atoms with E-state index in [1.54, 1.807) is 0 Å². The number of nitrogens with two attached hydrogens (primary N) is 1. The summed E-state index contributed by atoms with van der Waals surface area (Å²) in [7, 11) is 0. The Hall–Kier alpha value is -0.130. The molecular weight excluding hydrogens is 250 g/mol. The summed E-state index contributed by atoms with van der Waals surface area (Å²) < 4.78 is 2.01. The van der Waals surface area contributed by atoms with Crippen LogP contribution in [0.4, 0.5) is 0 Å². The smallest absolute Gasteiger partial charge is 0.0595 e. The molecule has 0 aromatic carbocycles. The number of thioether (sulfide) groups is 2. The second-order valence-corrected chi connectivity index (χ2v) is 7.55. The fraction of sp³-hybridized carbons (Fsp3) is 0.750. The van der Waals surface area contributed by atoms with Crippen molar-refractivity contribution >= 4 is 23.5 Å². The predicted octanol–water partition coefficient (Wildman–Crippen LogP) is 2.53. The van der Waals surface area contributed by atoms with E-state index >= 15 is 0 Å². The molecule has 4 atom stereocenters. The topological polar surface area (TPSA) is 43.8 Å². The van der Waals surface area contributed by atoms with Crippen LogP contribution in [-0.4, -0.2) is 31.3 Å². The molecule has 1 fully saturated rings. The van der Waals surface area contributed by atoms with Gasteiger partial charge in [-0.15, -0.1) is 0 Å². The van der Waals surface area contributed by atoms with Crippen molar-refractivity contribution in [1.82, 2.24) is 9.78 Å². The highest BCUT2D eigenvalue weighted by atomic mass is 32.2. The lowest BCUT2D eigenvalue weighted by atomic mass is 10.1. The summed E-state index contributed by atoms with van der Waals surface area (Å²) >= 11 is 4.08. The van der Waals surface area contributed by atoms with Crippen LogP contribution in [0.1, 0.15) is 32.5 Å². The van der Waals surface area contributed by atoms with E-state index in [2.05, 4.69) is 31.9 Å². The average Bonchev–Trinajstić information content (AvgIpc) is 2.80. The van der Waals surface area contributed by atoms with Crippen molar-refractivity contribution in [2.24, 2.45) is 5.73 Å². The zero-order valence-electron chi connectivity index (χ0n) is 10.7. The van der Waals surface area contributed by atoms with Crippen LogP contribution in [0.25, 0.3) is 0 Å². The first-order chi connectivity index (χ1) is 8.13. The van der Waals surface area contributed by atoms with Gasteiger partial charge in [-0.2, -0.15) is 28.6 Å². The number of aromatic nitrogens is 2. The Morgan fingerprint density at radius 2 is 2.29 bits per heavy atom. The van der Waals surface area contributed by atoms with Gasteiger partial charge in [0.2, 0.25) is 0 Å². The molecule has 17 heavy (non-hydrogen) atoms. The van der Waals surface area contributed by atoms with Crippen LogP contribution in [0.3, 0.4) is 0 Å². The molecule has 5 heteroatoms. The van der Waals surface area contributed by atoms with Crippen molar-refractivity contribution < 1.29 is 0 Å². The summed E-state index contributed by atoms with van der Waals surface area (Å²) in [5, 5.41) is 6.23. The molecule has 0 radical (unpaired) electrons. The van der Waals surface area contributed by atoms with Crippen molar-refractivity contribution in [3.63, 3.8) is 0 Å². The average molecular weight is 271 g/mol. The molecule has 2 rings (SSSR count). The maximum absolute atomic E-state index is 6.40. The van der Waals surface area contributed by atoms with E-state index in [1.807, 2.05) is 34.4 Å². The largest absolute Gasteiger partial charge is 0.322 e. The highest BCUT2D eigenvalue weighted by Crippen LogP contribution is 2.40. The zero-order valence-corrected chi connectivity index (χ0v) is 12.3. The van der Waals surface area contributed by atoms with E-state index < -0.39 is 0 Å². The molecule has 0 spiro atoms. The van der Waals surface area contributed by atoms with E-state index in [9.17, 15) is 0 Å².